The third-order valence-electron chi connectivity index (χ3n) is 7.15. The molecule has 0 saturated heterocycles. The molecule has 2 aliphatic carbocycles. The smallest absolute Gasteiger partial charge is 0.334 e. The molecule has 178 valence electrons. The Morgan fingerprint density at radius 1 is 0.938 bits per heavy atom. The van der Waals surface area contributed by atoms with Crippen molar-refractivity contribution in [2.45, 2.75) is 90.6 Å². The van der Waals surface area contributed by atoms with Crippen LogP contribution in [0.25, 0.3) is 0 Å². The molecule has 0 aliphatic heterocycles. The van der Waals surface area contributed by atoms with Gasteiger partial charge in [0.2, 0.25) is 5.88 Å². The van der Waals surface area contributed by atoms with Gasteiger partial charge in [-0.25, -0.2) is 4.79 Å². The minimum atomic E-state index is -1.26. The van der Waals surface area contributed by atoms with Crippen molar-refractivity contribution in [3.8, 4) is 5.88 Å². The van der Waals surface area contributed by atoms with Crippen molar-refractivity contribution >= 4 is 11.9 Å². The van der Waals surface area contributed by atoms with Gasteiger partial charge in [-0.1, -0.05) is 40.0 Å². The highest BCUT2D eigenvalue weighted by molar-refractivity contribution is 5.97. The van der Waals surface area contributed by atoms with Gasteiger partial charge in [0.05, 0.1) is 0 Å². The number of carboxylic acid groups (broad SMARTS) is 1. The molecule has 9 nitrogen and oxygen atoms in total. The summed E-state index contributed by atoms with van der Waals surface area (Å²) in [5.74, 6) is -2.41. The molecule has 1 heterocycles. The van der Waals surface area contributed by atoms with E-state index in [-0.39, 0.29) is 17.5 Å². The van der Waals surface area contributed by atoms with Crippen LogP contribution in [-0.2, 0) is 4.79 Å². The minimum Gasteiger partial charge on any atom is -0.494 e. The van der Waals surface area contributed by atoms with Gasteiger partial charge in [-0.05, 0) is 49.9 Å². The van der Waals surface area contributed by atoms with Crippen molar-refractivity contribution < 1.29 is 19.8 Å². The van der Waals surface area contributed by atoms with Crippen LogP contribution in [0.2, 0.25) is 0 Å². The van der Waals surface area contributed by atoms with E-state index in [9.17, 15) is 24.3 Å². The lowest BCUT2D eigenvalue weighted by molar-refractivity contribution is -0.135. The van der Waals surface area contributed by atoms with Gasteiger partial charge in [-0.2, -0.15) is 0 Å². The Kier molecular flexibility index (Phi) is 7.15. The summed E-state index contributed by atoms with van der Waals surface area (Å²) in [5.41, 5.74) is -1.83. The average molecular weight is 450 g/mol. The Hall–Kier alpha value is -2.58. The van der Waals surface area contributed by atoms with Crippen LogP contribution in [0.3, 0.4) is 0 Å². The predicted octanol–water partition coefficient (Wildman–Crippen LogP) is 2.81. The number of aromatic hydroxyl groups is 1. The van der Waals surface area contributed by atoms with E-state index in [4.69, 9.17) is 5.11 Å². The van der Waals surface area contributed by atoms with Crippen LogP contribution in [0.4, 0.5) is 0 Å². The first kappa shape index (κ1) is 24.1. The molecule has 1 aromatic heterocycles. The highest BCUT2D eigenvalue weighted by Crippen LogP contribution is 2.42. The topological polar surface area (TPSA) is 131 Å². The number of rotatable bonds is 5. The third kappa shape index (κ3) is 4.91. The minimum absolute atomic E-state index is 0.140. The first-order valence-electron chi connectivity index (χ1n) is 11.6. The second-order valence-electron chi connectivity index (χ2n) is 10.3. The van der Waals surface area contributed by atoms with Gasteiger partial charge in [0.1, 0.15) is 6.54 Å². The molecule has 9 heteroatoms. The third-order valence-corrected chi connectivity index (χ3v) is 7.15. The number of hydrogen-bond acceptors (Lipinski definition) is 5. The number of hydrogen-bond donors (Lipinski definition) is 3. The fraction of sp³-hybridized carbons (Fsp3) is 0.739. The SMILES string of the molecule is CC(C)(C)C1CCC(n2c(O)c(C(=O)NCC(=O)O)c(=O)n(C3CCCCC3)c2=O)CC1. The summed E-state index contributed by atoms with van der Waals surface area (Å²) in [5, 5.41) is 22.0. The molecule has 0 aromatic carbocycles. The number of amides is 1. The van der Waals surface area contributed by atoms with Crippen LogP contribution in [0.15, 0.2) is 9.59 Å². The van der Waals surface area contributed by atoms with Crippen LogP contribution in [0.5, 0.6) is 5.88 Å². The van der Waals surface area contributed by atoms with Crippen molar-refractivity contribution in [1.29, 1.82) is 0 Å². The molecule has 0 atom stereocenters. The van der Waals surface area contributed by atoms with Gasteiger partial charge in [0, 0.05) is 12.1 Å². The van der Waals surface area contributed by atoms with Crippen LogP contribution >= 0.6 is 0 Å². The lowest BCUT2D eigenvalue weighted by Gasteiger charge is -2.38. The van der Waals surface area contributed by atoms with E-state index in [0.717, 1.165) is 36.7 Å². The van der Waals surface area contributed by atoms with Gasteiger partial charge in [0.25, 0.3) is 11.5 Å². The van der Waals surface area contributed by atoms with Crippen molar-refractivity contribution in [3.05, 3.63) is 26.4 Å². The van der Waals surface area contributed by atoms with Gasteiger partial charge >= 0.3 is 11.7 Å². The van der Waals surface area contributed by atoms with Crippen molar-refractivity contribution in [3.63, 3.8) is 0 Å². The standard InChI is InChI=1S/C23H35N3O6/c1-23(2,3)14-9-11-16(12-10-14)26-21(31)18(19(29)24-13-17(27)28)20(30)25(22(26)32)15-7-5-4-6-8-15/h14-16,31H,4-13H2,1-3H3,(H,24,29)(H,27,28). The molecule has 0 spiro atoms. The monoisotopic (exact) mass is 449 g/mol. The maximum Gasteiger partial charge on any atom is 0.334 e. The van der Waals surface area contributed by atoms with Gasteiger partial charge in [-0.15, -0.1) is 0 Å². The second-order valence-corrected chi connectivity index (χ2v) is 10.3. The van der Waals surface area contributed by atoms with Crippen LogP contribution in [0, 0.1) is 11.3 Å². The first-order valence-corrected chi connectivity index (χ1v) is 11.6. The number of carboxylic acids is 1. The Labute approximate surface area is 187 Å². The summed E-state index contributed by atoms with van der Waals surface area (Å²) in [7, 11) is 0. The molecule has 0 radical (unpaired) electrons. The average Bonchev–Trinajstić information content (AvgIpc) is 2.72. The van der Waals surface area contributed by atoms with Gasteiger partial charge in [-0.3, -0.25) is 23.5 Å². The van der Waals surface area contributed by atoms with E-state index < -0.39 is 41.1 Å². The van der Waals surface area contributed by atoms with Crippen LogP contribution in [0.1, 0.15) is 101 Å². The van der Waals surface area contributed by atoms with E-state index in [1.54, 1.807) is 0 Å². The van der Waals surface area contributed by atoms with Crippen molar-refractivity contribution in [2.24, 2.45) is 11.3 Å². The van der Waals surface area contributed by atoms with Gasteiger partial charge < -0.3 is 15.5 Å². The highest BCUT2D eigenvalue weighted by Gasteiger charge is 2.35. The normalized spacial score (nSPS) is 22.5. The summed E-state index contributed by atoms with van der Waals surface area (Å²) < 4.78 is 2.34. The predicted molar refractivity (Wildman–Crippen MR) is 119 cm³/mol. The Morgan fingerprint density at radius 2 is 1.50 bits per heavy atom. The first-order chi connectivity index (χ1) is 15.0. The zero-order valence-corrected chi connectivity index (χ0v) is 19.2. The van der Waals surface area contributed by atoms with E-state index >= 15 is 0 Å². The van der Waals surface area contributed by atoms with Crippen LogP contribution in [-0.4, -0.2) is 37.8 Å². The lowest BCUT2D eigenvalue weighted by Crippen LogP contribution is -2.48. The summed E-state index contributed by atoms with van der Waals surface area (Å²) >= 11 is 0. The molecular formula is C23H35N3O6. The number of nitrogens with zero attached hydrogens (tertiary/aromatic N) is 2. The molecule has 1 amide bonds. The lowest BCUT2D eigenvalue weighted by atomic mass is 9.71. The molecule has 3 N–H and O–H groups in total. The number of aliphatic carboxylic acids is 1. The summed E-state index contributed by atoms with van der Waals surface area (Å²) in [6.07, 6.45) is 7.19. The zero-order valence-electron chi connectivity index (χ0n) is 19.2. The Balaban J connectivity index is 2.07. The fourth-order valence-electron chi connectivity index (χ4n) is 5.26. The maximum absolute atomic E-state index is 13.5. The molecule has 1 aromatic rings. The Bertz CT molecular complexity index is 973. The number of aromatic nitrogens is 2. The summed E-state index contributed by atoms with van der Waals surface area (Å²) in [6, 6.07) is -0.643. The second kappa shape index (κ2) is 9.50. The van der Waals surface area contributed by atoms with E-state index in [1.165, 1.54) is 4.57 Å². The van der Waals surface area contributed by atoms with Crippen LogP contribution < -0.4 is 16.6 Å². The maximum atomic E-state index is 13.5. The molecule has 2 fully saturated rings. The zero-order chi connectivity index (χ0) is 23.6. The molecule has 0 unspecified atom stereocenters. The number of carbonyl (C=O) groups is 2. The van der Waals surface area contributed by atoms with E-state index in [0.29, 0.717) is 31.6 Å². The molecule has 0 bridgehead atoms. The molecule has 3 rings (SSSR count). The number of nitrogens with one attached hydrogen (secondary N) is 1. The largest absolute Gasteiger partial charge is 0.494 e. The van der Waals surface area contributed by atoms with Crippen molar-refractivity contribution in [1.82, 2.24) is 14.5 Å². The van der Waals surface area contributed by atoms with E-state index in [2.05, 4.69) is 26.1 Å². The number of carbonyl (C=O) groups excluding carboxylic acids is 1. The summed E-state index contributed by atoms with van der Waals surface area (Å²) in [4.78, 5) is 50.2. The van der Waals surface area contributed by atoms with E-state index in [1.807, 2.05) is 0 Å². The quantitative estimate of drug-likeness (QED) is 0.634. The molecule has 2 saturated carbocycles. The van der Waals surface area contributed by atoms with Gasteiger partial charge in [0.15, 0.2) is 5.56 Å². The molecule has 32 heavy (non-hydrogen) atoms. The molecule has 2 aliphatic rings. The fourth-order valence-corrected chi connectivity index (χ4v) is 5.26. The summed E-state index contributed by atoms with van der Waals surface area (Å²) in [6.45, 7) is 5.89. The Morgan fingerprint density at radius 3 is 2.03 bits per heavy atom. The highest BCUT2D eigenvalue weighted by atomic mass is 16.4. The molecular weight excluding hydrogens is 414 g/mol. The van der Waals surface area contributed by atoms with Crippen molar-refractivity contribution in [2.75, 3.05) is 6.54 Å².